The predicted octanol–water partition coefficient (Wildman–Crippen LogP) is 0.431. The Balaban J connectivity index is 2.47. The summed E-state index contributed by atoms with van der Waals surface area (Å²) in [5.74, 6) is -1.54. The molecule has 0 saturated carbocycles. The first-order chi connectivity index (χ1) is 9.32. The predicted molar refractivity (Wildman–Crippen MR) is 69.0 cm³/mol. The highest BCUT2D eigenvalue weighted by molar-refractivity contribution is 7.91. The summed E-state index contributed by atoms with van der Waals surface area (Å²) < 4.78 is 25.4. The van der Waals surface area contributed by atoms with Gasteiger partial charge in [0, 0.05) is 5.02 Å². The number of nitrogens with zero attached hydrogens (tertiary/aromatic N) is 3. The number of hydrogen-bond donors (Lipinski definition) is 2. The number of hydrogen-bond acceptors (Lipinski definition) is 6. The van der Waals surface area contributed by atoms with Gasteiger partial charge in [-0.25, -0.2) is 13.1 Å². The van der Waals surface area contributed by atoms with E-state index in [4.69, 9.17) is 22.4 Å². The van der Waals surface area contributed by atoms with Crippen LogP contribution >= 0.6 is 11.6 Å². The van der Waals surface area contributed by atoms with E-state index in [1.165, 1.54) is 24.3 Å². The van der Waals surface area contributed by atoms with Crippen LogP contribution in [0.15, 0.2) is 34.2 Å². The molecular formula is C10H9ClN4O4S. The largest absolute Gasteiger partial charge is 0.480 e. The van der Waals surface area contributed by atoms with Gasteiger partial charge in [0.2, 0.25) is 14.9 Å². The zero-order chi connectivity index (χ0) is 14.9. The summed E-state index contributed by atoms with van der Waals surface area (Å²) in [6, 6.07) is 5.42. The fraction of sp³-hybridized carbons (Fsp3) is 0.100. The van der Waals surface area contributed by atoms with Gasteiger partial charge in [0.15, 0.2) is 5.82 Å². The van der Waals surface area contributed by atoms with Crippen LogP contribution in [0.3, 0.4) is 0 Å². The summed E-state index contributed by atoms with van der Waals surface area (Å²) in [5, 5.41) is 15.4. The zero-order valence-electron chi connectivity index (χ0n) is 9.89. The second kappa shape index (κ2) is 5.10. The van der Waals surface area contributed by atoms with Crippen molar-refractivity contribution in [2.45, 2.75) is 16.5 Å². The van der Waals surface area contributed by atoms with Crippen LogP contribution in [0.4, 0.5) is 5.82 Å². The molecule has 1 aromatic carbocycles. The van der Waals surface area contributed by atoms with Crippen molar-refractivity contribution in [1.82, 2.24) is 15.0 Å². The van der Waals surface area contributed by atoms with Gasteiger partial charge in [-0.3, -0.25) is 4.79 Å². The van der Waals surface area contributed by atoms with Gasteiger partial charge in [-0.15, -0.1) is 5.10 Å². The smallest absolute Gasteiger partial charge is 0.325 e. The van der Waals surface area contributed by atoms with Crippen LogP contribution in [-0.2, 0) is 21.2 Å². The fourth-order valence-electron chi connectivity index (χ4n) is 1.47. The number of halogens is 1. The molecule has 0 unspecified atom stereocenters. The third-order valence-electron chi connectivity index (χ3n) is 2.40. The minimum Gasteiger partial charge on any atom is -0.480 e. The number of aromatic nitrogens is 3. The van der Waals surface area contributed by atoms with Crippen LogP contribution in [0.25, 0.3) is 0 Å². The van der Waals surface area contributed by atoms with Crippen molar-refractivity contribution in [2.75, 3.05) is 5.73 Å². The highest BCUT2D eigenvalue weighted by Gasteiger charge is 2.26. The number of anilines is 1. The van der Waals surface area contributed by atoms with Crippen LogP contribution in [0.5, 0.6) is 0 Å². The zero-order valence-corrected chi connectivity index (χ0v) is 11.5. The fourth-order valence-corrected chi connectivity index (χ4v) is 2.83. The Morgan fingerprint density at radius 3 is 2.50 bits per heavy atom. The Morgan fingerprint density at radius 2 is 1.95 bits per heavy atom. The highest BCUT2D eigenvalue weighted by atomic mass is 35.5. The van der Waals surface area contributed by atoms with Crippen LogP contribution < -0.4 is 5.73 Å². The molecule has 0 spiro atoms. The van der Waals surface area contributed by atoms with Gasteiger partial charge < -0.3 is 10.8 Å². The van der Waals surface area contributed by atoms with Crippen molar-refractivity contribution in [1.29, 1.82) is 0 Å². The van der Waals surface area contributed by atoms with Crippen molar-refractivity contribution < 1.29 is 18.3 Å². The van der Waals surface area contributed by atoms with E-state index in [9.17, 15) is 13.2 Å². The molecule has 0 saturated heterocycles. The van der Waals surface area contributed by atoms with E-state index in [0.717, 1.165) is 4.68 Å². The summed E-state index contributed by atoms with van der Waals surface area (Å²) in [6.45, 7) is -0.574. The molecule has 20 heavy (non-hydrogen) atoms. The number of aliphatic carboxylic acids is 1. The average molecular weight is 317 g/mol. The van der Waals surface area contributed by atoms with Crippen molar-refractivity contribution in [3.8, 4) is 0 Å². The molecule has 1 heterocycles. The Labute approximate surface area is 118 Å². The topological polar surface area (TPSA) is 128 Å². The number of nitrogens with two attached hydrogens (primary N) is 1. The molecule has 1 aromatic heterocycles. The molecule has 0 aliphatic carbocycles. The Kier molecular flexibility index (Phi) is 3.64. The normalized spacial score (nSPS) is 11.4. The molecule has 0 bridgehead atoms. The van der Waals surface area contributed by atoms with Crippen molar-refractivity contribution in [3.63, 3.8) is 0 Å². The molecule has 2 aromatic rings. The lowest BCUT2D eigenvalue weighted by Gasteiger charge is -2.03. The van der Waals surface area contributed by atoms with Gasteiger partial charge in [0.1, 0.15) is 6.54 Å². The molecule has 2 rings (SSSR count). The number of sulfone groups is 1. The van der Waals surface area contributed by atoms with E-state index < -0.39 is 27.4 Å². The van der Waals surface area contributed by atoms with Gasteiger partial charge in [-0.2, -0.15) is 0 Å². The van der Waals surface area contributed by atoms with Gasteiger partial charge in [0.25, 0.3) is 0 Å². The van der Waals surface area contributed by atoms with E-state index in [1.807, 2.05) is 0 Å². The number of carboxylic acid groups (broad SMARTS) is 1. The molecule has 106 valence electrons. The molecule has 10 heteroatoms. The van der Waals surface area contributed by atoms with Gasteiger partial charge >= 0.3 is 5.97 Å². The summed E-state index contributed by atoms with van der Waals surface area (Å²) in [5.41, 5.74) is 5.57. The van der Waals surface area contributed by atoms with Crippen LogP contribution in [-0.4, -0.2) is 34.5 Å². The SMILES string of the molecule is Nc1c(S(=O)(=O)c2ccc(Cl)cc2)nnn1CC(=O)O. The molecule has 0 fully saturated rings. The Bertz CT molecular complexity index is 754. The molecule has 0 aliphatic heterocycles. The van der Waals surface area contributed by atoms with Crippen molar-refractivity contribution in [3.05, 3.63) is 29.3 Å². The summed E-state index contributed by atoms with van der Waals surface area (Å²) in [6.07, 6.45) is 0. The van der Waals surface area contributed by atoms with Crippen LogP contribution in [0.1, 0.15) is 0 Å². The van der Waals surface area contributed by atoms with Crippen molar-refractivity contribution in [2.24, 2.45) is 0 Å². The molecule has 0 atom stereocenters. The number of carboxylic acids is 1. The minimum atomic E-state index is -3.97. The molecule has 8 nitrogen and oxygen atoms in total. The van der Waals surface area contributed by atoms with E-state index >= 15 is 0 Å². The maximum Gasteiger partial charge on any atom is 0.325 e. The lowest BCUT2D eigenvalue weighted by atomic mass is 10.4. The Hall–Kier alpha value is -2.13. The summed E-state index contributed by atoms with van der Waals surface area (Å²) in [7, 11) is -3.97. The number of rotatable bonds is 4. The second-order valence-electron chi connectivity index (χ2n) is 3.79. The van der Waals surface area contributed by atoms with Gasteiger partial charge in [-0.05, 0) is 24.3 Å². The number of benzene rings is 1. The first-order valence-corrected chi connectivity index (χ1v) is 7.10. The average Bonchev–Trinajstić information content (AvgIpc) is 2.71. The van der Waals surface area contributed by atoms with E-state index in [-0.39, 0.29) is 10.7 Å². The minimum absolute atomic E-state index is 0.0593. The Morgan fingerprint density at radius 1 is 1.35 bits per heavy atom. The molecular weight excluding hydrogens is 308 g/mol. The summed E-state index contributed by atoms with van der Waals surface area (Å²) in [4.78, 5) is 10.5. The lowest BCUT2D eigenvalue weighted by molar-refractivity contribution is -0.137. The third-order valence-corrected chi connectivity index (χ3v) is 4.35. The standard InChI is InChI=1S/C10H9ClN4O4S/c11-6-1-3-7(4-2-6)20(18,19)10-9(12)15(14-13-10)5-8(16)17/h1-4H,5,12H2,(H,16,17). The lowest BCUT2D eigenvalue weighted by Crippen LogP contribution is -2.13. The summed E-state index contributed by atoms with van der Waals surface area (Å²) >= 11 is 5.68. The van der Waals surface area contributed by atoms with Gasteiger partial charge in [-0.1, -0.05) is 16.8 Å². The maximum atomic E-state index is 12.3. The first kappa shape index (κ1) is 14.3. The molecule has 0 amide bonds. The second-order valence-corrected chi connectivity index (χ2v) is 6.09. The quantitative estimate of drug-likeness (QED) is 0.836. The van der Waals surface area contributed by atoms with Crippen molar-refractivity contribution >= 4 is 33.2 Å². The highest BCUT2D eigenvalue weighted by Crippen LogP contribution is 2.24. The van der Waals surface area contributed by atoms with E-state index in [2.05, 4.69) is 10.3 Å². The van der Waals surface area contributed by atoms with Gasteiger partial charge in [0.05, 0.1) is 4.90 Å². The van der Waals surface area contributed by atoms with E-state index in [1.54, 1.807) is 0 Å². The first-order valence-electron chi connectivity index (χ1n) is 5.24. The van der Waals surface area contributed by atoms with Crippen LogP contribution in [0.2, 0.25) is 5.02 Å². The van der Waals surface area contributed by atoms with Crippen LogP contribution in [0, 0.1) is 0 Å². The monoisotopic (exact) mass is 316 g/mol. The molecule has 0 aliphatic rings. The number of nitrogen functional groups attached to an aromatic ring is 1. The third kappa shape index (κ3) is 2.58. The molecule has 3 N–H and O–H groups in total. The molecule has 0 radical (unpaired) electrons. The maximum absolute atomic E-state index is 12.3. The number of carbonyl (C=O) groups is 1. The van der Waals surface area contributed by atoms with E-state index in [0.29, 0.717) is 5.02 Å².